The van der Waals surface area contributed by atoms with Crippen LogP contribution in [0.1, 0.15) is 32.8 Å². The van der Waals surface area contributed by atoms with Gasteiger partial charge in [0.2, 0.25) is 0 Å². The van der Waals surface area contributed by atoms with E-state index in [-0.39, 0.29) is 5.04 Å². The highest BCUT2D eigenvalue weighted by Crippen LogP contribution is 2.39. The lowest BCUT2D eigenvalue weighted by Gasteiger charge is -2.40. The van der Waals surface area contributed by atoms with Crippen LogP contribution in [0.4, 0.5) is 0 Å². The molecule has 156 valence electrons. The van der Waals surface area contributed by atoms with Crippen LogP contribution in [-0.2, 0) is 0 Å². The van der Waals surface area contributed by atoms with E-state index in [1.807, 2.05) is 7.11 Å². The van der Waals surface area contributed by atoms with Crippen LogP contribution in [0, 0.1) is 6.92 Å². The van der Waals surface area contributed by atoms with Crippen molar-refractivity contribution in [3.63, 3.8) is 0 Å². The van der Waals surface area contributed by atoms with Crippen LogP contribution >= 0.6 is 0 Å². The Morgan fingerprint density at radius 1 is 0.893 bits per heavy atom. The van der Waals surface area contributed by atoms with Crippen molar-refractivity contribution >= 4 is 34.6 Å². The van der Waals surface area contributed by atoms with Gasteiger partial charge in [0, 0.05) is 0 Å². The molecule has 0 fully saturated rings. The van der Waals surface area contributed by atoms with Crippen LogP contribution < -0.4 is 15.1 Å². The average molecular weight is 431 g/mol. The predicted molar refractivity (Wildman–Crippen MR) is 136 cm³/mol. The molecule has 0 heterocycles. The van der Waals surface area contributed by atoms with Crippen molar-refractivity contribution in [3.8, 4) is 5.75 Å². The van der Waals surface area contributed by atoms with Gasteiger partial charge in [0.25, 0.3) is 0 Å². The Morgan fingerprint density at radius 2 is 1.43 bits per heavy atom. The van der Waals surface area contributed by atoms with Crippen molar-refractivity contribution < 1.29 is 4.74 Å². The minimum absolute atomic E-state index is 0.286. The number of ether oxygens (including phenoxy) is 1. The fraction of sp³-hybridized carbons (Fsp3) is 0.583. The summed E-state index contributed by atoms with van der Waals surface area (Å²) in [5.74, 6) is 1.20. The molecular formula is C24H42OSi3. The van der Waals surface area contributed by atoms with E-state index in [9.17, 15) is 0 Å². The maximum absolute atomic E-state index is 6.22. The lowest BCUT2D eigenvalue weighted by Crippen LogP contribution is -2.54. The molecule has 1 nitrogen and oxygen atoms in total. The zero-order valence-corrected chi connectivity index (χ0v) is 23.4. The molecule has 1 aromatic carbocycles. The lowest BCUT2D eigenvalue weighted by molar-refractivity contribution is 0.420. The molecule has 1 aliphatic rings. The maximum atomic E-state index is 6.22. The number of benzene rings is 1. The molecule has 2 rings (SSSR count). The molecule has 1 aromatic rings. The molecule has 0 saturated heterocycles. The molecule has 0 bridgehead atoms. The molecule has 0 radical (unpaired) electrons. The number of hydrogen-bond acceptors (Lipinski definition) is 1. The van der Waals surface area contributed by atoms with E-state index in [2.05, 4.69) is 97.8 Å². The Balaban J connectivity index is 2.80. The Hall–Kier alpha value is -0.849. The summed E-state index contributed by atoms with van der Waals surface area (Å²) >= 11 is 0. The molecule has 4 heteroatoms. The highest BCUT2D eigenvalue weighted by Gasteiger charge is 2.43. The first-order chi connectivity index (χ1) is 12.5. The normalized spacial score (nSPS) is 16.1. The van der Waals surface area contributed by atoms with E-state index in [0.717, 1.165) is 6.42 Å². The van der Waals surface area contributed by atoms with Gasteiger partial charge in [-0.25, -0.2) is 0 Å². The predicted octanol–water partition coefficient (Wildman–Crippen LogP) is 6.31. The summed E-state index contributed by atoms with van der Waals surface area (Å²) in [4.78, 5) is 0. The van der Waals surface area contributed by atoms with E-state index < -0.39 is 24.2 Å². The summed E-state index contributed by atoms with van der Waals surface area (Å²) in [7, 11) is -3.01. The maximum Gasteiger partial charge on any atom is 0.117 e. The third-order valence-electron chi connectivity index (χ3n) is 7.15. The van der Waals surface area contributed by atoms with Crippen molar-refractivity contribution in [1.29, 1.82) is 0 Å². The van der Waals surface area contributed by atoms with Gasteiger partial charge < -0.3 is 4.74 Å². The second-order valence-corrected chi connectivity index (χ2v) is 26.4. The van der Waals surface area contributed by atoms with Gasteiger partial charge in [0.1, 0.15) is 13.8 Å². The molecule has 0 saturated carbocycles. The highest BCUT2D eigenvalue weighted by molar-refractivity contribution is 7.00. The standard InChI is InChI=1S/C24H42OSi3/c1-18-16-21(23(25-5)22(17-18)28(11,12)24(2,3)4)27(9,10)20-15-13-14-19(20)26(6,7)8/h13-14,16-17H,15H2,1-12H3. The molecule has 0 amide bonds. The third kappa shape index (κ3) is 4.05. The first-order valence-electron chi connectivity index (χ1n) is 10.7. The Kier molecular flexibility index (Phi) is 6.23. The van der Waals surface area contributed by atoms with Gasteiger partial charge in [-0.15, -0.1) is 0 Å². The average Bonchev–Trinajstić information content (AvgIpc) is 3.03. The second kappa shape index (κ2) is 7.44. The Bertz CT molecular complexity index is 815. The fourth-order valence-corrected chi connectivity index (χ4v) is 13.4. The minimum Gasteiger partial charge on any atom is -0.497 e. The summed E-state index contributed by atoms with van der Waals surface area (Å²) in [5, 5.41) is 6.70. The quantitative estimate of drug-likeness (QED) is 0.497. The van der Waals surface area contributed by atoms with Crippen LogP contribution in [0.2, 0.25) is 50.9 Å². The van der Waals surface area contributed by atoms with Crippen molar-refractivity contribution in [2.75, 3.05) is 7.11 Å². The van der Waals surface area contributed by atoms with Crippen LogP contribution in [0.25, 0.3) is 0 Å². The summed E-state index contributed by atoms with van der Waals surface area (Å²) in [6.45, 7) is 27.0. The van der Waals surface area contributed by atoms with Gasteiger partial charge in [0.15, 0.2) is 0 Å². The van der Waals surface area contributed by atoms with Crippen molar-refractivity contribution in [3.05, 3.63) is 40.2 Å². The molecule has 0 N–H and O–H groups in total. The minimum atomic E-state index is -1.84. The van der Waals surface area contributed by atoms with E-state index in [0.29, 0.717) is 0 Å². The van der Waals surface area contributed by atoms with E-state index in [1.165, 1.54) is 21.7 Å². The van der Waals surface area contributed by atoms with Crippen LogP contribution in [0.3, 0.4) is 0 Å². The van der Waals surface area contributed by atoms with E-state index in [1.54, 1.807) is 10.4 Å². The fourth-order valence-electron chi connectivity index (χ4n) is 4.29. The third-order valence-corrected chi connectivity index (χ3v) is 18.7. The van der Waals surface area contributed by atoms with Gasteiger partial charge in [-0.2, -0.15) is 0 Å². The topological polar surface area (TPSA) is 9.23 Å². The summed E-state index contributed by atoms with van der Waals surface area (Å²) < 4.78 is 6.22. The van der Waals surface area contributed by atoms with Crippen molar-refractivity contribution in [2.45, 2.75) is 85.0 Å². The van der Waals surface area contributed by atoms with Gasteiger partial charge in [0.05, 0.1) is 23.3 Å². The van der Waals surface area contributed by atoms with Gasteiger partial charge in [-0.1, -0.05) is 107 Å². The van der Waals surface area contributed by atoms with Crippen molar-refractivity contribution in [2.24, 2.45) is 0 Å². The summed E-state index contributed by atoms with van der Waals surface area (Å²) in [5.41, 5.74) is 1.39. The molecule has 0 aliphatic heterocycles. The first-order valence-corrected chi connectivity index (χ1v) is 20.2. The molecule has 0 unspecified atom stereocenters. The van der Waals surface area contributed by atoms with Crippen molar-refractivity contribution in [1.82, 2.24) is 0 Å². The smallest absolute Gasteiger partial charge is 0.117 e. The number of allylic oxidation sites excluding steroid dienone is 4. The molecule has 0 spiro atoms. The monoisotopic (exact) mass is 430 g/mol. The summed E-state index contributed by atoms with van der Waals surface area (Å²) in [6.07, 6.45) is 5.97. The number of hydrogen-bond donors (Lipinski definition) is 0. The number of methoxy groups -OCH3 is 1. The number of rotatable bonds is 5. The summed E-state index contributed by atoms with van der Waals surface area (Å²) in [6, 6.07) is 4.86. The second-order valence-electron chi connectivity index (χ2n) is 11.6. The Labute approximate surface area is 177 Å². The number of aryl methyl sites for hydroxylation is 1. The largest absolute Gasteiger partial charge is 0.497 e. The molecule has 0 aromatic heterocycles. The molecule has 1 aliphatic carbocycles. The lowest BCUT2D eigenvalue weighted by atomic mass is 10.2. The zero-order chi connectivity index (χ0) is 21.7. The van der Waals surface area contributed by atoms with E-state index >= 15 is 0 Å². The van der Waals surface area contributed by atoms with Gasteiger partial charge in [-0.3, -0.25) is 0 Å². The van der Waals surface area contributed by atoms with Crippen LogP contribution in [0.15, 0.2) is 34.7 Å². The van der Waals surface area contributed by atoms with E-state index in [4.69, 9.17) is 4.74 Å². The molecule has 28 heavy (non-hydrogen) atoms. The van der Waals surface area contributed by atoms with Crippen LogP contribution in [-0.4, -0.2) is 31.3 Å². The zero-order valence-electron chi connectivity index (χ0n) is 20.4. The van der Waals surface area contributed by atoms with Crippen LogP contribution in [0.5, 0.6) is 5.75 Å². The Morgan fingerprint density at radius 3 is 1.89 bits per heavy atom. The highest BCUT2D eigenvalue weighted by atomic mass is 28.3. The van der Waals surface area contributed by atoms with Gasteiger partial charge >= 0.3 is 0 Å². The molecule has 0 atom stereocenters. The molecular weight excluding hydrogens is 389 g/mol. The van der Waals surface area contributed by atoms with Gasteiger partial charge in [-0.05, 0) is 28.8 Å². The SMILES string of the molecule is COc1c([Si](C)(C)C2=C([Si](C)(C)C)C=CC2)cc(C)cc1[Si](C)(C)C(C)(C)C. The first kappa shape index (κ1) is 23.4.